The monoisotopic (exact) mass is 282 g/mol. The topological polar surface area (TPSA) is 90.2 Å². The van der Waals surface area contributed by atoms with Crippen molar-refractivity contribution in [1.82, 2.24) is 4.72 Å². The number of hydrogen-bond donors (Lipinski definition) is 2. The van der Waals surface area contributed by atoms with Crippen molar-refractivity contribution in [2.75, 3.05) is 6.54 Å². The van der Waals surface area contributed by atoms with E-state index in [1.54, 1.807) is 24.3 Å². The lowest BCUT2D eigenvalue weighted by molar-refractivity contribution is 0.162. The van der Waals surface area contributed by atoms with E-state index in [0.717, 1.165) is 0 Å². The summed E-state index contributed by atoms with van der Waals surface area (Å²) in [5.74, 6) is -0.162. The molecule has 6 heteroatoms. The van der Waals surface area contributed by atoms with Crippen LogP contribution in [-0.4, -0.2) is 26.2 Å². The Labute approximate surface area is 113 Å². The van der Waals surface area contributed by atoms with Crippen LogP contribution in [0.2, 0.25) is 0 Å². The van der Waals surface area contributed by atoms with Gasteiger partial charge in [-0.2, -0.15) is 5.26 Å². The number of rotatable bonds is 7. The Morgan fingerprint density at radius 1 is 1.47 bits per heavy atom. The quantitative estimate of drug-likeness (QED) is 0.784. The third-order valence-electron chi connectivity index (χ3n) is 2.68. The number of sulfonamides is 1. The molecule has 0 aliphatic heterocycles. The first-order valence-electron chi connectivity index (χ1n) is 6.11. The summed E-state index contributed by atoms with van der Waals surface area (Å²) in [6.45, 7) is 2.06. The first-order chi connectivity index (χ1) is 8.96. The molecule has 19 heavy (non-hydrogen) atoms. The van der Waals surface area contributed by atoms with Crippen LogP contribution in [0, 0.1) is 11.3 Å². The molecule has 0 amide bonds. The van der Waals surface area contributed by atoms with E-state index in [-0.39, 0.29) is 12.3 Å². The standard InChI is InChI=1S/C13H18N2O3S/c1-2-13(16)6-7-15-19(17,18)10-12-5-3-4-11(8-12)9-14/h3-5,8,13,15-16H,2,6-7,10H2,1H3. The van der Waals surface area contributed by atoms with Crippen molar-refractivity contribution in [2.45, 2.75) is 31.6 Å². The van der Waals surface area contributed by atoms with Crippen molar-refractivity contribution in [1.29, 1.82) is 5.26 Å². The summed E-state index contributed by atoms with van der Waals surface area (Å²) in [5, 5.41) is 18.1. The van der Waals surface area contributed by atoms with Gasteiger partial charge >= 0.3 is 0 Å². The normalized spacial score (nSPS) is 12.9. The molecule has 1 aromatic carbocycles. The maximum absolute atomic E-state index is 11.8. The second-order valence-corrected chi connectivity index (χ2v) is 6.12. The lowest BCUT2D eigenvalue weighted by atomic mass is 10.2. The summed E-state index contributed by atoms with van der Waals surface area (Å²) >= 11 is 0. The van der Waals surface area contributed by atoms with Crippen LogP contribution in [0.3, 0.4) is 0 Å². The van der Waals surface area contributed by atoms with Crippen molar-refractivity contribution in [3.05, 3.63) is 35.4 Å². The molecule has 0 heterocycles. The van der Waals surface area contributed by atoms with E-state index in [4.69, 9.17) is 5.26 Å². The molecule has 0 aliphatic rings. The second-order valence-electron chi connectivity index (χ2n) is 4.32. The highest BCUT2D eigenvalue weighted by Gasteiger charge is 2.12. The van der Waals surface area contributed by atoms with Gasteiger partial charge in [0.1, 0.15) is 0 Å². The van der Waals surface area contributed by atoms with E-state index in [1.165, 1.54) is 0 Å². The molecular weight excluding hydrogens is 264 g/mol. The minimum Gasteiger partial charge on any atom is -0.393 e. The van der Waals surface area contributed by atoms with Gasteiger partial charge in [0.15, 0.2) is 0 Å². The molecular formula is C13H18N2O3S. The van der Waals surface area contributed by atoms with E-state index >= 15 is 0 Å². The van der Waals surface area contributed by atoms with Gasteiger partial charge in [-0.15, -0.1) is 0 Å². The predicted octanol–water partition coefficient (Wildman–Crippen LogP) is 1.14. The Kier molecular flexibility index (Phi) is 5.96. The molecule has 0 bridgehead atoms. The molecule has 0 saturated heterocycles. The largest absolute Gasteiger partial charge is 0.393 e. The van der Waals surface area contributed by atoms with Crippen LogP contribution in [0.4, 0.5) is 0 Å². The zero-order valence-electron chi connectivity index (χ0n) is 10.8. The molecule has 104 valence electrons. The minimum atomic E-state index is -3.43. The third-order valence-corrected chi connectivity index (χ3v) is 4.04. The Morgan fingerprint density at radius 3 is 2.84 bits per heavy atom. The first kappa shape index (κ1) is 15.6. The van der Waals surface area contributed by atoms with Gasteiger partial charge in [-0.25, -0.2) is 13.1 Å². The fourth-order valence-electron chi connectivity index (χ4n) is 1.59. The van der Waals surface area contributed by atoms with Crippen molar-refractivity contribution in [2.24, 2.45) is 0 Å². The van der Waals surface area contributed by atoms with Crippen molar-refractivity contribution >= 4 is 10.0 Å². The predicted molar refractivity (Wildman–Crippen MR) is 72.7 cm³/mol. The van der Waals surface area contributed by atoms with Crippen LogP contribution < -0.4 is 4.72 Å². The van der Waals surface area contributed by atoms with Gasteiger partial charge in [-0.3, -0.25) is 0 Å². The summed E-state index contributed by atoms with van der Waals surface area (Å²) < 4.78 is 26.0. The molecule has 0 fully saturated rings. The van der Waals surface area contributed by atoms with Crippen LogP contribution >= 0.6 is 0 Å². The highest BCUT2D eigenvalue weighted by atomic mass is 32.2. The van der Waals surface area contributed by atoms with Gasteiger partial charge in [0.2, 0.25) is 10.0 Å². The van der Waals surface area contributed by atoms with E-state index in [0.29, 0.717) is 24.0 Å². The van der Waals surface area contributed by atoms with Gasteiger partial charge in [-0.1, -0.05) is 19.1 Å². The fraction of sp³-hybridized carbons (Fsp3) is 0.462. The van der Waals surface area contributed by atoms with Gasteiger partial charge in [0.25, 0.3) is 0 Å². The third kappa shape index (κ3) is 5.83. The highest BCUT2D eigenvalue weighted by Crippen LogP contribution is 2.08. The molecule has 0 radical (unpaired) electrons. The number of nitrogens with one attached hydrogen (secondary N) is 1. The molecule has 1 aromatic rings. The molecule has 1 atom stereocenters. The lowest BCUT2D eigenvalue weighted by Gasteiger charge is -2.09. The SMILES string of the molecule is CCC(O)CCNS(=O)(=O)Cc1cccc(C#N)c1. The summed E-state index contributed by atoms with van der Waals surface area (Å²) in [6, 6.07) is 8.48. The molecule has 1 rings (SSSR count). The number of aliphatic hydroxyl groups excluding tert-OH is 1. The average Bonchev–Trinajstić information content (AvgIpc) is 2.37. The summed E-state index contributed by atoms with van der Waals surface area (Å²) in [7, 11) is -3.43. The van der Waals surface area contributed by atoms with Crippen LogP contribution in [0.1, 0.15) is 30.9 Å². The number of aliphatic hydroxyl groups is 1. The minimum absolute atomic E-state index is 0.162. The van der Waals surface area contributed by atoms with Gasteiger partial charge in [0.05, 0.1) is 23.5 Å². The van der Waals surface area contributed by atoms with Crippen molar-refractivity contribution < 1.29 is 13.5 Å². The number of hydrogen-bond acceptors (Lipinski definition) is 4. The molecule has 0 aliphatic carbocycles. The first-order valence-corrected chi connectivity index (χ1v) is 7.76. The van der Waals surface area contributed by atoms with E-state index in [1.807, 2.05) is 13.0 Å². The molecule has 0 aromatic heterocycles. The Morgan fingerprint density at radius 2 is 2.21 bits per heavy atom. The zero-order chi connectivity index (χ0) is 14.3. The zero-order valence-corrected chi connectivity index (χ0v) is 11.7. The smallest absolute Gasteiger partial charge is 0.215 e. The van der Waals surface area contributed by atoms with Gasteiger partial charge in [0, 0.05) is 6.54 Å². The van der Waals surface area contributed by atoms with Crippen LogP contribution in [0.25, 0.3) is 0 Å². The molecule has 2 N–H and O–H groups in total. The Bertz CT molecular complexity index is 549. The van der Waals surface area contributed by atoms with E-state index in [9.17, 15) is 13.5 Å². The highest BCUT2D eigenvalue weighted by molar-refractivity contribution is 7.88. The Hall–Kier alpha value is -1.42. The average molecular weight is 282 g/mol. The number of nitriles is 1. The second kappa shape index (κ2) is 7.24. The van der Waals surface area contributed by atoms with Crippen LogP contribution in [0.5, 0.6) is 0 Å². The van der Waals surface area contributed by atoms with Crippen LogP contribution in [0.15, 0.2) is 24.3 Å². The van der Waals surface area contributed by atoms with Crippen LogP contribution in [-0.2, 0) is 15.8 Å². The van der Waals surface area contributed by atoms with Gasteiger partial charge in [-0.05, 0) is 30.5 Å². The van der Waals surface area contributed by atoms with E-state index < -0.39 is 16.1 Å². The van der Waals surface area contributed by atoms with Crippen molar-refractivity contribution in [3.8, 4) is 6.07 Å². The molecule has 0 saturated carbocycles. The van der Waals surface area contributed by atoms with Crippen molar-refractivity contribution in [3.63, 3.8) is 0 Å². The maximum Gasteiger partial charge on any atom is 0.215 e. The van der Waals surface area contributed by atoms with Gasteiger partial charge < -0.3 is 5.11 Å². The Balaban J connectivity index is 2.57. The number of nitrogens with zero attached hydrogens (tertiary/aromatic N) is 1. The molecule has 5 nitrogen and oxygen atoms in total. The molecule has 1 unspecified atom stereocenters. The summed E-state index contributed by atoms with van der Waals surface area (Å²) in [6.07, 6.45) is 0.518. The van der Waals surface area contributed by atoms with E-state index in [2.05, 4.69) is 4.72 Å². The lowest BCUT2D eigenvalue weighted by Crippen LogP contribution is -2.28. The number of benzene rings is 1. The maximum atomic E-state index is 11.8. The summed E-state index contributed by atoms with van der Waals surface area (Å²) in [5.41, 5.74) is 1.01. The molecule has 0 spiro atoms. The fourth-order valence-corrected chi connectivity index (χ4v) is 2.74. The summed E-state index contributed by atoms with van der Waals surface area (Å²) in [4.78, 5) is 0.